The predicted octanol–water partition coefficient (Wildman–Crippen LogP) is -5.60. The highest BCUT2D eigenvalue weighted by atomic mass is 32.1. The normalized spacial score (nSPS) is 16.7. The molecule has 1 saturated heterocycles. The molecule has 328 valence electrons. The highest BCUT2D eigenvalue weighted by Gasteiger charge is 2.33. The van der Waals surface area contributed by atoms with Crippen molar-refractivity contribution in [1.82, 2.24) is 42.5 Å². The second kappa shape index (κ2) is 25.9. The molecule has 58 heavy (non-hydrogen) atoms. The van der Waals surface area contributed by atoms with Gasteiger partial charge in [-0.2, -0.15) is 12.6 Å². The van der Waals surface area contributed by atoms with E-state index < -0.39 is 115 Å². The van der Waals surface area contributed by atoms with E-state index >= 15 is 0 Å². The van der Waals surface area contributed by atoms with E-state index in [2.05, 4.69) is 54.8 Å². The minimum Gasteiger partial charge on any atom is -0.480 e. The second-order valence-electron chi connectivity index (χ2n) is 14.4. The number of carboxylic acids is 1. The van der Waals surface area contributed by atoms with E-state index in [1.807, 2.05) is 19.2 Å². The Morgan fingerprint density at radius 3 is 1.88 bits per heavy atom. The van der Waals surface area contributed by atoms with E-state index in [-0.39, 0.29) is 49.3 Å². The summed E-state index contributed by atoms with van der Waals surface area (Å²) in [5.74, 6) is -9.13. The van der Waals surface area contributed by atoms with Crippen LogP contribution in [0.5, 0.6) is 0 Å². The first-order valence-electron chi connectivity index (χ1n) is 18.8. The van der Waals surface area contributed by atoms with Crippen molar-refractivity contribution in [3.63, 3.8) is 0 Å². The van der Waals surface area contributed by atoms with Gasteiger partial charge in [0.2, 0.25) is 47.3 Å². The number of nitrogens with two attached hydrogens (primary N) is 3. The van der Waals surface area contributed by atoms with Crippen LogP contribution in [-0.4, -0.2) is 144 Å². The summed E-state index contributed by atoms with van der Waals surface area (Å²) in [4.78, 5) is 118. The monoisotopic (exact) mass is 844 g/mol. The van der Waals surface area contributed by atoms with Crippen molar-refractivity contribution in [1.29, 1.82) is 0 Å². The van der Waals surface area contributed by atoms with E-state index in [9.17, 15) is 53.4 Å². The lowest BCUT2D eigenvalue weighted by Crippen LogP contribution is -2.59. The number of nitrogens with zero attached hydrogens (tertiary/aromatic N) is 1. The van der Waals surface area contributed by atoms with Crippen LogP contribution in [0.4, 0.5) is 0 Å². The van der Waals surface area contributed by atoms with Crippen molar-refractivity contribution < 1.29 is 53.4 Å². The van der Waals surface area contributed by atoms with Gasteiger partial charge in [-0.3, -0.25) is 43.3 Å². The topological polar surface area (TPSA) is 381 Å². The van der Waals surface area contributed by atoms with Gasteiger partial charge in [0, 0.05) is 12.3 Å². The Morgan fingerprint density at radius 2 is 1.36 bits per heavy atom. The maximum absolute atomic E-state index is 13.5. The summed E-state index contributed by atoms with van der Waals surface area (Å²) in [6.07, 6.45) is 1.23. The van der Waals surface area contributed by atoms with Crippen LogP contribution in [0.2, 0.25) is 0 Å². The van der Waals surface area contributed by atoms with Crippen molar-refractivity contribution in [2.75, 3.05) is 32.0 Å². The molecule has 1 aliphatic heterocycles. The van der Waals surface area contributed by atoms with Crippen LogP contribution in [0.25, 0.3) is 0 Å². The van der Waals surface area contributed by atoms with Crippen LogP contribution < -0.4 is 59.7 Å². The summed E-state index contributed by atoms with van der Waals surface area (Å²) in [6.45, 7) is 5.99. The number of hydrogen-bond acceptors (Lipinski definition) is 13. The van der Waals surface area contributed by atoms with Crippen LogP contribution >= 0.6 is 12.6 Å². The molecule has 24 heteroatoms. The lowest BCUT2D eigenvalue weighted by molar-refractivity contribution is -0.144. The average molecular weight is 845 g/mol. The number of aliphatic carboxylic acids is 1. The van der Waals surface area contributed by atoms with Crippen molar-refractivity contribution in [2.24, 2.45) is 34.0 Å². The molecule has 0 unspecified atom stereocenters. The van der Waals surface area contributed by atoms with Crippen LogP contribution in [0, 0.1) is 11.8 Å². The molecule has 16 N–H and O–H groups in total. The summed E-state index contributed by atoms with van der Waals surface area (Å²) in [5.41, 5.74) is 15.8. The van der Waals surface area contributed by atoms with Gasteiger partial charge in [-0.1, -0.05) is 27.7 Å². The average Bonchev–Trinajstić information content (AvgIpc) is 3.69. The number of carbonyl (C=O) groups excluding carboxylic acids is 8. The molecular weight excluding hydrogens is 785 g/mol. The summed E-state index contributed by atoms with van der Waals surface area (Å²) in [6, 6.07) is -8.64. The Bertz CT molecular complexity index is 1490. The molecule has 0 saturated carbocycles. The van der Waals surface area contributed by atoms with E-state index in [0.29, 0.717) is 13.0 Å². The third-order valence-electron chi connectivity index (χ3n) is 8.63. The first-order valence-corrected chi connectivity index (χ1v) is 19.4. The molecule has 8 amide bonds. The number of carboxylic acid groups (broad SMARTS) is 1. The minimum atomic E-state index is -1.73. The Morgan fingerprint density at radius 1 is 0.776 bits per heavy atom. The summed E-state index contributed by atoms with van der Waals surface area (Å²) in [7, 11) is 0. The number of rotatable bonds is 26. The first-order chi connectivity index (χ1) is 27.2. The SMILES string of the molecule is CC(C)C[C@H](NC(=O)[C@@H]1CCCN1)C(=O)N[C@@H](CCCN=C(N)N)C(=O)N[C@@H](CS)C(=O)NCC(=O)N[C@H](C(=O)N[C@@H](CO)C(=O)N[C@@H](CC(N)=O)C(=O)O)C(C)C. The van der Waals surface area contributed by atoms with Crippen LogP contribution in [0.1, 0.15) is 66.2 Å². The number of hydrogen-bond donors (Lipinski definition) is 14. The number of aliphatic hydroxyl groups is 1. The third kappa shape index (κ3) is 18.8. The van der Waals surface area contributed by atoms with Gasteiger partial charge < -0.3 is 69.9 Å². The van der Waals surface area contributed by atoms with Gasteiger partial charge in [0.05, 0.1) is 25.6 Å². The van der Waals surface area contributed by atoms with E-state index in [0.717, 1.165) is 6.42 Å². The van der Waals surface area contributed by atoms with Crippen LogP contribution in [0.3, 0.4) is 0 Å². The highest BCUT2D eigenvalue weighted by Crippen LogP contribution is 2.11. The fourth-order valence-corrected chi connectivity index (χ4v) is 5.83. The number of nitrogens with one attached hydrogen (secondary N) is 8. The van der Waals surface area contributed by atoms with Gasteiger partial charge in [-0.15, -0.1) is 0 Å². The molecule has 0 bridgehead atoms. The molecule has 0 aliphatic carbocycles. The van der Waals surface area contributed by atoms with Gasteiger partial charge in [0.1, 0.15) is 36.3 Å². The van der Waals surface area contributed by atoms with Gasteiger partial charge in [0.15, 0.2) is 5.96 Å². The second-order valence-corrected chi connectivity index (χ2v) is 14.8. The number of amides is 8. The molecule has 1 aliphatic rings. The fraction of sp³-hybridized carbons (Fsp3) is 0.706. The number of aliphatic hydroxyl groups excluding tert-OH is 1. The highest BCUT2D eigenvalue weighted by molar-refractivity contribution is 7.80. The van der Waals surface area contributed by atoms with Crippen LogP contribution in [-0.2, 0) is 43.2 Å². The Labute approximate surface area is 341 Å². The van der Waals surface area contributed by atoms with Crippen LogP contribution in [0.15, 0.2) is 4.99 Å². The maximum Gasteiger partial charge on any atom is 0.326 e. The molecule has 0 radical (unpaired) electrons. The molecular formula is C34H60N12O11S. The van der Waals surface area contributed by atoms with Gasteiger partial charge >= 0.3 is 5.97 Å². The van der Waals surface area contributed by atoms with Crippen molar-refractivity contribution in [3.8, 4) is 0 Å². The zero-order valence-electron chi connectivity index (χ0n) is 33.2. The number of guanidine groups is 1. The maximum atomic E-state index is 13.5. The Hall–Kier alpha value is -5.23. The van der Waals surface area contributed by atoms with Gasteiger partial charge in [0.25, 0.3) is 0 Å². The number of thiol groups is 1. The minimum absolute atomic E-state index is 0.000443. The molecule has 0 aromatic carbocycles. The molecule has 1 rings (SSSR count). The van der Waals surface area contributed by atoms with Gasteiger partial charge in [-0.05, 0) is 50.5 Å². The standard InChI is InChI=1S/C34H60N12O11S/c1-16(2)11-20(42-28(51)18-7-5-9-38-18)30(53)41-19(8-6-10-39-34(36)37)29(52)45-23(15-58)27(50)40-13-25(49)46-26(17(3)4)32(55)44-22(14-47)31(54)43-21(33(56)57)12-24(35)48/h16-23,26,38,47,58H,5-15H2,1-4H3,(H2,35,48)(H,40,50)(H,41,53)(H,42,51)(H,43,54)(H,44,55)(H,45,52)(H,46,49)(H,56,57)(H4,36,37,39)/t18-,19-,20-,21-,22-,23-,26-/m0/s1. The van der Waals surface area contributed by atoms with Crippen molar-refractivity contribution in [2.45, 2.75) is 109 Å². The van der Waals surface area contributed by atoms with Gasteiger partial charge in [-0.25, -0.2) is 4.79 Å². The number of aliphatic imine (C=N–C) groups is 1. The lowest BCUT2D eigenvalue weighted by Gasteiger charge is -2.26. The molecule has 0 spiro atoms. The van der Waals surface area contributed by atoms with E-state index in [1.165, 1.54) is 0 Å². The molecule has 23 nitrogen and oxygen atoms in total. The van der Waals surface area contributed by atoms with Crippen molar-refractivity contribution in [3.05, 3.63) is 0 Å². The third-order valence-corrected chi connectivity index (χ3v) is 9.00. The fourth-order valence-electron chi connectivity index (χ4n) is 5.57. The first kappa shape index (κ1) is 50.8. The molecule has 0 aromatic rings. The molecule has 1 heterocycles. The summed E-state index contributed by atoms with van der Waals surface area (Å²) in [5, 5.41) is 38.9. The zero-order valence-corrected chi connectivity index (χ0v) is 34.1. The smallest absolute Gasteiger partial charge is 0.326 e. The molecule has 7 atom stereocenters. The zero-order chi connectivity index (χ0) is 44.1. The number of primary amides is 1. The summed E-state index contributed by atoms with van der Waals surface area (Å²) < 4.78 is 0. The van der Waals surface area contributed by atoms with Crippen molar-refractivity contribution >= 4 is 71.8 Å². The number of carbonyl (C=O) groups is 9. The van der Waals surface area contributed by atoms with E-state index in [1.54, 1.807) is 13.8 Å². The quantitative estimate of drug-likeness (QED) is 0.0167. The molecule has 0 aromatic heterocycles. The lowest BCUT2D eigenvalue weighted by atomic mass is 10.0. The molecule has 1 fully saturated rings. The Kier molecular flexibility index (Phi) is 22.7. The Balaban J connectivity index is 2.98. The van der Waals surface area contributed by atoms with E-state index in [4.69, 9.17) is 17.2 Å². The predicted molar refractivity (Wildman–Crippen MR) is 212 cm³/mol. The largest absolute Gasteiger partial charge is 0.480 e. The summed E-state index contributed by atoms with van der Waals surface area (Å²) >= 11 is 4.16.